The van der Waals surface area contributed by atoms with Crippen LogP contribution in [0, 0.1) is 0 Å². The zero-order chi connectivity index (χ0) is 13.5. The lowest BCUT2D eigenvalue weighted by Gasteiger charge is -2.22. The van der Waals surface area contributed by atoms with Crippen molar-refractivity contribution in [3.8, 4) is 0 Å². The summed E-state index contributed by atoms with van der Waals surface area (Å²) in [5, 5.41) is 6.00. The smallest absolute Gasteiger partial charge is 0.238 e. The lowest BCUT2D eigenvalue weighted by Crippen LogP contribution is -2.36. The summed E-state index contributed by atoms with van der Waals surface area (Å²) in [5.41, 5.74) is 0.795. The van der Waals surface area contributed by atoms with Gasteiger partial charge in [0.05, 0.1) is 18.3 Å². The summed E-state index contributed by atoms with van der Waals surface area (Å²) in [6.45, 7) is 1.89. The quantitative estimate of drug-likeness (QED) is 0.874. The SMILES string of the molecule is O=C(CNCC1CCCCO1)Nc1ccccc1Br. The minimum absolute atomic E-state index is 0.0392. The summed E-state index contributed by atoms with van der Waals surface area (Å²) >= 11 is 3.40. The third kappa shape index (κ3) is 4.93. The molecule has 1 atom stereocenters. The van der Waals surface area contributed by atoms with Crippen LogP contribution in [0.4, 0.5) is 5.69 Å². The van der Waals surface area contributed by atoms with Crippen molar-refractivity contribution in [1.82, 2.24) is 5.32 Å². The molecule has 0 aliphatic carbocycles. The number of ether oxygens (including phenoxy) is 1. The van der Waals surface area contributed by atoms with Gasteiger partial charge in [0.15, 0.2) is 0 Å². The maximum absolute atomic E-state index is 11.8. The maximum Gasteiger partial charge on any atom is 0.238 e. The summed E-state index contributed by atoms with van der Waals surface area (Å²) in [5.74, 6) is -0.0392. The summed E-state index contributed by atoms with van der Waals surface area (Å²) in [6, 6.07) is 7.58. The van der Waals surface area contributed by atoms with E-state index in [0.717, 1.165) is 36.2 Å². The first-order chi connectivity index (χ1) is 9.25. The first kappa shape index (κ1) is 14.5. The van der Waals surface area contributed by atoms with E-state index < -0.39 is 0 Å². The molecule has 5 heteroatoms. The predicted molar refractivity (Wildman–Crippen MR) is 79.2 cm³/mol. The molecule has 0 saturated carbocycles. The van der Waals surface area contributed by atoms with Crippen molar-refractivity contribution < 1.29 is 9.53 Å². The molecule has 1 aromatic carbocycles. The largest absolute Gasteiger partial charge is 0.377 e. The molecule has 19 heavy (non-hydrogen) atoms. The van der Waals surface area contributed by atoms with E-state index in [1.807, 2.05) is 24.3 Å². The highest BCUT2D eigenvalue weighted by Crippen LogP contribution is 2.20. The summed E-state index contributed by atoms with van der Waals surface area (Å²) < 4.78 is 6.48. The van der Waals surface area contributed by atoms with Crippen LogP contribution in [0.1, 0.15) is 19.3 Å². The van der Waals surface area contributed by atoms with Crippen molar-refractivity contribution in [3.05, 3.63) is 28.7 Å². The molecule has 104 valence electrons. The van der Waals surface area contributed by atoms with Gasteiger partial charge in [-0.05, 0) is 47.3 Å². The average molecular weight is 327 g/mol. The molecule has 1 aromatic rings. The fourth-order valence-electron chi connectivity index (χ4n) is 2.07. The zero-order valence-corrected chi connectivity index (χ0v) is 12.4. The molecule has 1 aliphatic rings. The molecule has 1 unspecified atom stereocenters. The van der Waals surface area contributed by atoms with Gasteiger partial charge in [-0.25, -0.2) is 0 Å². The predicted octanol–water partition coefficient (Wildman–Crippen LogP) is 2.55. The van der Waals surface area contributed by atoms with Gasteiger partial charge in [-0.15, -0.1) is 0 Å². The van der Waals surface area contributed by atoms with E-state index in [1.54, 1.807) is 0 Å². The number of carbonyl (C=O) groups is 1. The van der Waals surface area contributed by atoms with Gasteiger partial charge in [-0.2, -0.15) is 0 Å². The minimum atomic E-state index is -0.0392. The third-order valence-electron chi connectivity index (χ3n) is 3.08. The van der Waals surface area contributed by atoms with Crippen molar-refractivity contribution in [2.24, 2.45) is 0 Å². The van der Waals surface area contributed by atoms with Gasteiger partial charge in [-0.3, -0.25) is 4.79 Å². The number of benzene rings is 1. The van der Waals surface area contributed by atoms with Gasteiger partial charge in [0.25, 0.3) is 0 Å². The molecule has 4 nitrogen and oxygen atoms in total. The number of hydrogen-bond acceptors (Lipinski definition) is 3. The molecule has 0 bridgehead atoms. The Hall–Kier alpha value is -0.910. The number of amides is 1. The Morgan fingerprint density at radius 3 is 2.95 bits per heavy atom. The van der Waals surface area contributed by atoms with Gasteiger partial charge >= 0.3 is 0 Å². The lowest BCUT2D eigenvalue weighted by molar-refractivity contribution is -0.115. The minimum Gasteiger partial charge on any atom is -0.377 e. The van der Waals surface area contributed by atoms with Crippen LogP contribution in [0.2, 0.25) is 0 Å². The Morgan fingerprint density at radius 2 is 2.21 bits per heavy atom. The first-order valence-electron chi connectivity index (χ1n) is 6.62. The second-order valence-electron chi connectivity index (χ2n) is 4.65. The highest BCUT2D eigenvalue weighted by molar-refractivity contribution is 9.10. The van der Waals surface area contributed by atoms with Gasteiger partial charge in [0, 0.05) is 17.6 Å². The molecular weight excluding hydrogens is 308 g/mol. The Labute approximate surface area is 122 Å². The number of anilines is 1. The number of para-hydroxylation sites is 1. The van der Waals surface area contributed by atoms with Gasteiger partial charge in [-0.1, -0.05) is 12.1 Å². The van der Waals surface area contributed by atoms with E-state index in [4.69, 9.17) is 4.74 Å². The average Bonchev–Trinajstić information content (AvgIpc) is 2.43. The molecule has 0 spiro atoms. The summed E-state index contributed by atoms with van der Waals surface area (Å²) in [4.78, 5) is 11.8. The second-order valence-corrected chi connectivity index (χ2v) is 5.50. The third-order valence-corrected chi connectivity index (χ3v) is 3.77. The summed E-state index contributed by atoms with van der Waals surface area (Å²) in [6.07, 6.45) is 3.71. The fourth-order valence-corrected chi connectivity index (χ4v) is 2.46. The van der Waals surface area contributed by atoms with Crippen LogP contribution in [-0.4, -0.2) is 31.7 Å². The van der Waals surface area contributed by atoms with Crippen molar-refractivity contribution in [2.45, 2.75) is 25.4 Å². The molecule has 1 fully saturated rings. The van der Waals surface area contributed by atoms with Crippen LogP contribution in [0.3, 0.4) is 0 Å². The molecule has 0 aromatic heterocycles. The number of rotatable bonds is 5. The monoisotopic (exact) mass is 326 g/mol. The molecule has 0 radical (unpaired) electrons. The van der Waals surface area contributed by atoms with Crippen LogP contribution < -0.4 is 10.6 Å². The molecule has 2 rings (SSSR count). The highest BCUT2D eigenvalue weighted by atomic mass is 79.9. The Morgan fingerprint density at radius 1 is 1.37 bits per heavy atom. The van der Waals surface area contributed by atoms with Crippen LogP contribution in [0.15, 0.2) is 28.7 Å². The van der Waals surface area contributed by atoms with E-state index in [1.165, 1.54) is 6.42 Å². The lowest BCUT2D eigenvalue weighted by atomic mass is 10.1. The van der Waals surface area contributed by atoms with Crippen LogP contribution in [-0.2, 0) is 9.53 Å². The van der Waals surface area contributed by atoms with Crippen LogP contribution in [0.5, 0.6) is 0 Å². The molecular formula is C14H19BrN2O2. The van der Waals surface area contributed by atoms with E-state index in [0.29, 0.717) is 6.54 Å². The Kier molecular flexibility index (Phi) is 5.82. The van der Waals surface area contributed by atoms with Crippen molar-refractivity contribution >= 4 is 27.5 Å². The number of carbonyl (C=O) groups excluding carboxylic acids is 1. The van der Waals surface area contributed by atoms with Crippen molar-refractivity contribution in [3.63, 3.8) is 0 Å². The normalized spacial score (nSPS) is 19.1. The molecule has 2 N–H and O–H groups in total. The Balaban J connectivity index is 1.68. The van der Waals surface area contributed by atoms with Crippen LogP contribution in [0.25, 0.3) is 0 Å². The number of halogens is 1. The first-order valence-corrected chi connectivity index (χ1v) is 7.41. The van der Waals surface area contributed by atoms with Crippen LogP contribution >= 0.6 is 15.9 Å². The number of nitrogens with one attached hydrogen (secondary N) is 2. The topological polar surface area (TPSA) is 50.4 Å². The standard InChI is InChI=1S/C14H19BrN2O2/c15-12-6-1-2-7-13(12)17-14(18)10-16-9-11-5-3-4-8-19-11/h1-2,6-7,11,16H,3-5,8-10H2,(H,17,18). The Bertz CT molecular complexity index is 420. The van der Waals surface area contributed by atoms with Crippen molar-refractivity contribution in [2.75, 3.05) is 25.0 Å². The maximum atomic E-state index is 11.8. The van der Waals surface area contributed by atoms with E-state index in [9.17, 15) is 4.79 Å². The molecule has 1 amide bonds. The fraction of sp³-hybridized carbons (Fsp3) is 0.500. The van der Waals surface area contributed by atoms with Gasteiger partial charge in [0.1, 0.15) is 0 Å². The van der Waals surface area contributed by atoms with Gasteiger partial charge < -0.3 is 15.4 Å². The second kappa shape index (κ2) is 7.62. The molecule has 1 saturated heterocycles. The van der Waals surface area contributed by atoms with E-state index in [2.05, 4.69) is 26.6 Å². The van der Waals surface area contributed by atoms with E-state index >= 15 is 0 Å². The van der Waals surface area contributed by atoms with E-state index in [-0.39, 0.29) is 12.0 Å². The molecule has 1 heterocycles. The summed E-state index contributed by atoms with van der Waals surface area (Å²) in [7, 11) is 0. The number of hydrogen-bond donors (Lipinski definition) is 2. The van der Waals surface area contributed by atoms with Gasteiger partial charge in [0.2, 0.25) is 5.91 Å². The molecule has 1 aliphatic heterocycles. The zero-order valence-electron chi connectivity index (χ0n) is 10.8. The highest BCUT2D eigenvalue weighted by Gasteiger charge is 2.13. The van der Waals surface area contributed by atoms with Crippen molar-refractivity contribution in [1.29, 1.82) is 0 Å².